The molecule has 0 N–H and O–H groups in total. The third-order valence-electron chi connectivity index (χ3n) is 7.81. The first kappa shape index (κ1) is 25.7. The highest BCUT2D eigenvalue weighted by atomic mass is 16.5. The summed E-state index contributed by atoms with van der Waals surface area (Å²) in [6.45, 7) is 12.8. The molecular weight excluding hydrogens is 468 g/mol. The Bertz CT molecular complexity index is 1350. The van der Waals surface area contributed by atoms with E-state index in [4.69, 9.17) is 9.47 Å². The monoisotopic (exact) mass is 506 g/mol. The number of hydrogen-bond donors (Lipinski definition) is 0. The average Bonchev–Trinajstić information content (AvgIpc) is 3.66. The van der Waals surface area contributed by atoms with Crippen molar-refractivity contribution >= 4 is 33.3 Å². The Kier molecular flexibility index (Phi) is 7.33. The van der Waals surface area contributed by atoms with Gasteiger partial charge in [0.2, 0.25) is 0 Å². The lowest BCUT2D eigenvalue weighted by atomic mass is 9.95. The molecule has 0 radical (unpaired) electrons. The van der Waals surface area contributed by atoms with Gasteiger partial charge in [-0.1, -0.05) is 24.3 Å². The Labute approximate surface area is 227 Å². The molecule has 4 aromatic carbocycles. The van der Waals surface area contributed by atoms with Crippen LogP contribution >= 0.6 is 0 Å². The third kappa shape index (κ3) is 4.49. The van der Waals surface area contributed by atoms with E-state index in [0.29, 0.717) is 0 Å². The van der Waals surface area contributed by atoms with Crippen LogP contribution in [0.25, 0.3) is 21.9 Å². The summed E-state index contributed by atoms with van der Waals surface area (Å²) >= 11 is 0. The summed E-state index contributed by atoms with van der Waals surface area (Å²) in [6.07, 6.45) is 0. The molecule has 0 unspecified atom stereocenters. The predicted octanol–water partition coefficient (Wildman–Crippen LogP) is 7.87. The molecule has 1 aliphatic carbocycles. The molecule has 1 aliphatic rings. The molecule has 196 valence electrons. The Hall–Kier alpha value is -3.92. The van der Waals surface area contributed by atoms with E-state index >= 15 is 0 Å². The van der Waals surface area contributed by atoms with Crippen LogP contribution in [0.5, 0.6) is 11.5 Å². The summed E-state index contributed by atoms with van der Waals surface area (Å²) < 4.78 is 11.4. The van der Waals surface area contributed by atoms with Gasteiger partial charge in [-0.25, -0.2) is 0 Å². The smallest absolute Gasteiger partial charge is 0.126 e. The summed E-state index contributed by atoms with van der Waals surface area (Å²) in [4.78, 5) is 4.76. The van der Waals surface area contributed by atoms with Crippen LogP contribution in [0.3, 0.4) is 0 Å². The minimum atomic E-state index is 0.864. The fourth-order valence-electron chi connectivity index (χ4n) is 5.64. The number of fused-ring (bicyclic) bond motifs is 2. The van der Waals surface area contributed by atoms with Gasteiger partial charge in [-0.15, -0.1) is 0 Å². The lowest BCUT2D eigenvalue weighted by Crippen LogP contribution is -2.21. The fraction of sp³-hybridized carbons (Fsp3) is 0.294. The lowest BCUT2D eigenvalue weighted by Gasteiger charge is -2.22. The van der Waals surface area contributed by atoms with Crippen molar-refractivity contribution in [1.29, 1.82) is 0 Å². The Balaban J connectivity index is 1.67. The molecule has 4 heteroatoms. The van der Waals surface area contributed by atoms with Gasteiger partial charge in [-0.3, -0.25) is 0 Å². The van der Waals surface area contributed by atoms with Crippen molar-refractivity contribution in [2.75, 3.05) is 50.2 Å². The van der Waals surface area contributed by atoms with Crippen LogP contribution in [0.4, 0.5) is 11.4 Å². The molecule has 0 atom stereocenters. The molecule has 4 nitrogen and oxygen atoms in total. The van der Waals surface area contributed by atoms with Gasteiger partial charge < -0.3 is 19.3 Å². The van der Waals surface area contributed by atoms with E-state index in [9.17, 15) is 0 Å². The van der Waals surface area contributed by atoms with E-state index in [1.807, 2.05) is 12.1 Å². The first-order valence-corrected chi connectivity index (χ1v) is 13.7. The van der Waals surface area contributed by atoms with Crippen molar-refractivity contribution in [1.82, 2.24) is 0 Å². The lowest BCUT2D eigenvalue weighted by molar-refractivity contribution is 0.410. The van der Waals surface area contributed by atoms with E-state index in [2.05, 4.69) is 98.2 Å². The van der Waals surface area contributed by atoms with Gasteiger partial charge in [0.25, 0.3) is 0 Å². The second-order valence-electron chi connectivity index (χ2n) is 9.60. The molecule has 0 spiro atoms. The second kappa shape index (κ2) is 10.8. The van der Waals surface area contributed by atoms with Crippen LogP contribution in [-0.4, -0.2) is 40.4 Å². The van der Waals surface area contributed by atoms with Gasteiger partial charge in [-0.05, 0) is 110 Å². The Morgan fingerprint density at radius 1 is 0.553 bits per heavy atom. The normalized spacial score (nSPS) is 11.8. The van der Waals surface area contributed by atoms with Crippen molar-refractivity contribution in [3.8, 4) is 11.5 Å². The van der Waals surface area contributed by atoms with Crippen LogP contribution in [0.1, 0.15) is 49.9 Å². The summed E-state index contributed by atoms with van der Waals surface area (Å²) in [5.74, 6) is 1.73. The third-order valence-corrected chi connectivity index (χ3v) is 7.81. The molecule has 0 bridgehead atoms. The van der Waals surface area contributed by atoms with Crippen molar-refractivity contribution in [3.05, 3.63) is 95.1 Å². The van der Waals surface area contributed by atoms with E-state index in [0.717, 1.165) is 48.5 Å². The zero-order chi connectivity index (χ0) is 26.8. The minimum Gasteiger partial charge on any atom is -0.496 e. The van der Waals surface area contributed by atoms with E-state index in [1.54, 1.807) is 14.2 Å². The molecule has 4 aromatic rings. The van der Waals surface area contributed by atoms with Crippen molar-refractivity contribution in [2.24, 2.45) is 0 Å². The topological polar surface area (TPSA) is 24.9 Å². The van der Waals surface area contributed by atoms with Crippen LogP contribution in [0.2, 0.25) is 0 Å². The number of methoxy groups -OCH3 is 2. The molecule has 0 saturated carbocycles. The minimum absolute atomic E-state index is 0.864. The SMILES string of the molecule is CCN(CC)c1ccc(C(=C2c3cc4c(OC)ccc(OC)c4cc32)c2ccc(N(CC)CC)cc2)cc1. The van der Waals surface area contributed by atoms with Gasteiger partial charge >= 0.3 is 0 Å². The summed E-state index contributed by atoms with van der Waals surface area (Å²) in [6, 6.07) is 26.6. The zero-order valence-corrected chi connectivity index (χ0v) is 23.5. The largest absolute Gasteiger partial charge is 0.496 e. The van der Waals surface area contributed by atoms with Crippen LogP contribution in [0, 0.1) is 0 Å². The second-order valence-corrected chi connectivity index (χ2v) is 9.60. The highest BCUT2D eigenvalue weighted by molar-refractivity contribution is 6.19. The molecule has 5 rings (SSSR count). The van der Waals surface area contributed by atoms with Gasteiger partial charge in [0.1, 0.15) is 11.5 Å². The summed E-state index contributed by atoms with van der Waals surface area (Å²) in [7, 11) is 3.45. The maximum absolute atomic E-state index is 5.70. The van der Waals surface area contributed by atoms with E-state index in [1.165, 1.54) is 44.8 Å². The molecule has 0 fully saturated rings. The molecule has 38 heavy (non-hydrogen) atoms. The Morgan fingerprint density at radius 3 is 1.24 bits per heavy atom. The fourth-order valence-corrected chi connectivity index (χ4v) is 5.64. The van der Waals surface area contributed by atoms with Crippen molar-refractivity contribution in [2.45, 2.75) is 27.7 Å². The first-order chi connectivity index (χ1) is 18.6. The number of ether oxygens (including phenoxy) is 2. The molecular formula is C34H38N2O2. The highest BCUT2D eigenvalue weighted by Gasteiger charge is 2.32. The van der Waals surface area contributed by atoms with Gasteiger partial charge in [0.15, 0.2) is 0 Å². The maximum atomic E-state index is 5.70. The number of nitrogens with zero attached hydrogens (tertiary/aromatic N) is 2. The quantitative estimate of drug-likeness (QED) is 0.192. The van der Waals surface area contributed by atoms with Gasteiger partial charge in [0, 0.05) is 48.3 Å². The number of benzene rings is 4. The van der Waals surface area contributed by atoms with E-state index < -0.39 is 0 Å². The number of rotatable bonds is 10. The highest BCUT2D eigenvalue weighted by Crippen LogP contribution is 2.53. The Morgan fingerprint density at radius 2 is 0.921 bits per heavy atom. The average molecular weight is 507 g/mol. The molecule has 0 heterocycles. The maximum Gasteiger partial charge on any atom is 0.126 e. The number of hydrogen-bond acceptors (Lipinski definition) is 4. The molecule has 0 aromatic heterocycles. The molecule has 0 saturated heterocycles. The molecule has 0 aliphatic heterocycles. The van der Waals surface area contributed by atoms with E-state index in [-0.39, 0.29) is 0 Å². The van der Waals surface area contributed by atoms with Crippen molar-refractivity contribution in [3.63, 3.8) is 0 Å². The molecule has 0 amide bonds. The van der Waals surface area contributed by atoms with Gasteiger partial charge in [0.05, 0.1) is 14.2 Å². The zero-order valence-electron chi connectivity index (χ0n) is 23.5. The van der Waals surface area contributed by atoms with Crippen LogP contribution in [-0.2, 0) is 0 Å². The van der Waals surface area contributed by atoms with Crippen LogP contribution in [0.15, 0.2) is 72.8 Å². The standard InChI is InChI=1S/C34H38N2O2/c1-7-35(8-2)25-15-11-23(12-16-25)33(24-13-17-26(18-14-24)36(9-3)10-4)34-29-21-27-28(22-30(29)34)32(38-6)20-19-31(27)37-5/h11-22H,7-10H2,1-6H3. The summed E-state index contributed by atoms with van der Waals surface area (Å²) in [5, 5.41) is 2.16. The van der Waals surface area contributed by atoms with Gasteiger partial charge in [-0.2, -0.15) is 0 Å². The van der Waals surface area contributed by atoms with Crippen molar-refractivity contribution < 1.29 is 9.47 Å². The predicted molar refractivity (Wildman–Crippen MR) is 162 cm³/mol. The van der Waals surface area contributed by atoms with Crippen LogP contribution < -0.4 is 19.3 Å². The number of anilines is 2. The first-order valence-electron chi connectivity index (χ1n) is 13.7. The summed E-state index contributed by atoms with van der Waals surface area (Å²) in [5.41, 5.74) is 10.1.